The molecule has 0 amide bonds. The van der Waals surface area contributed by atoms with E-state index in [1.54, 1.807) is 6.20 Å². The van der Waals surface area contributed by atoms with Crippen LogP contribution >= 0.6 is 0 Å². The molecule has 0 aliphatic heterocycles. The molecule has 0 bridgehead atoms. The topological polar surface area (TPSA) is 95.1 Å². The largest absolute Gasteiger partial charge is 0.388 e. The smallest absolute Gasteiger partial charge is 0.284 e. The predicted molar refractivity (Wildman–Crippen MR) is 133 cm³/mol. The number of pyridine rings is 1. The number of nitrogens with zero attached hydrogens (tertiary/aromatic N) is 1. The summed E-state index contributed by atoms with van der Waals surface area (Å²) in [5.74, 6) is -2.94. The Bertz CT molecular complexity index is 993. The lowest BCUT2D eigenvalue weighted by atomic mass is 9.85. The summed E-state index contributed by atoms with van der Waals surface area (Å²) in [6.45, 7) is 9.41. The molecule has 3 aromatic rings. The number of nitrogens with one attached hydrogen (secondary N) is 2. The van der Waals surface area contributed by atoms with E-state index in [1.165, 1.54) is 12.5 Å². The van der Waals surface area contributed by atoms with Gasteiger partial charge in [0.15, 0.2) is 0 Å². The number of halogens is 2. The number of fused-ring (bicyclic) bond motifs is 1. The van der Waals surface area contributed by atoms with Crippen LogP contribution in [0.15, 0.2) is 42.6 Å². The molecule has 0 atom stereocenters. The first-order valence-corrected chi connectivity index (χ1v) is 11.3. The van der Waals surface area contributed by atoms with E-state index in [0.29, 0.717) is 17.6 Å². The second kappa shape index (κ2) is 13.5. The molecule has 1 aromatic carbocycles. The van der Waals surface area contributed by atoms with Gasteiger partial charge in [0.05, 0.1) is 11.3 Å². The maximum atomic E-state index is 13.7. The molecule has 1 aliphatic rings. The Hall–Kier alpha value is -3.13. The van der Waals surface area contributed by atoms with E-state index in [9.17, 15) is 13.9 Å². The van der Waals surface area contributed by atoms with E-state index < -0.39 is 11.5 Å². The van der Waals surface area contributed by atoms with Crippen molar-refractivity contribution in [1.29, 1.82) is 0 Å². The van der Waals surface area contributed by atoms with Crippen LogP contribution in [0.25, 0.3) is 22.2 Å². The average molecular weight is 476 g/mol. The molecule has 1 saturated carbocycles. The second-order valence-corrected chi connectivity index (χ2v) is 7.91. The number of H-pyrrole nitrogens is 1. The number of aromatic amines is 1. The van der Waals surface area contributed by atoms with E-state index in [0.717, 1.165) is 49.4 Å². The highest BCUT2D eigenvalue weighted by Crippen LogP contribution is 2.34. The third-order valence-corrected chi connectivity index (χ3v) is 5.61. The maximum Gasteiger partial charge on any atom is 0.284 e. The minimum absolute atomic E-state index is 0.138. The van der Waals surface area contributed by atoms with Gasteiger partial charge in [-0.25, -0.2) is 13.8 Å². The summed E-state index contributed by atoms with van der Waals surface area (Å²) < 4.78 is 27.3. The van der Waals surface area contributed by atoms with Crippen molar-refractivity contribution in [1.82, 2.24) is 9.97 Å². The maximum absolute atomic E-state index is 13.7. The number of carbonyl (C=O) groups excluding carboxylic acids is 2. The molecule has 8 heteroatoms. The normalized spacial score (nSPS) is 14.4. The van der Waals surface area contributed by atoms with Crippen LogP contribution in [0.3, 0.4) is 0 Å². The highest BCUT2D eigenvalue weighted by atomic mass is 19.3. The molecule has 1 aliphatic carbocycles. The van der Waals surface area contributed by atoms with Gasteiger partial charge in [0, 0.05) is 30.7 Å². The minimum Gasteiger partial charge on any atom is -0.388 e. The van der Waals surface area contributed by atoms with Gasteiger partial charge in [-0.1, -0.05) is 45.2 Å². The van der Waals surface area contributed by atoms with Crippen molar-refractivity contribution >= 4 is 30.3 Å². The second-order valence-electron chi connectivity index (χ2n) is 7.91. The Balaban J connectivity index is 0.000000894. The van der Waals surface area contributed by atoms with Crippen molar-refractivity contribution in [3.63, 3.8) is 0 Å². The first-order chi connectivity index (χ1) is 16.3. The van der Waals surface area contributed by atoms with Crippen molar-refractivity contribution in [2.45, 2.75) is 64.4 Å². The molecule has 186 valence electrons. The lowest BCUT2D eigenvalue weighted by Gasteiger charge is -2.32. The summed E-state index contributed by atoms with van der Waals surface area (Å²) in [7, 11) is 0. The fraction of sp³-hybridized carbons (Fsp3) is 0.423. The fourth-order valence-electron chi connectivity index (χ4n) is 3.94. The molecule has 0 saturated heterocycles. The van der Waals surface area contributed by atoms with E-state index in [2.05, 4.69) is 15.3 Å². The van der Waals surface area contributed by atoms with Crippen LogP contribution in [0, 0.1) is 0 Å². The number of anilines is 1. The molecule has 0 unspecified atom stereocenters. The zero-order valence-corrected chi connectivity index (χ0v) is 20.2. The number of hydrogen-bond acceptors (Lipinski definition) is 5. The first kappa shape index (κ1) is 28.9. The molecule has 0 spiro atoms. The molecular weight excluding hydrogens is 440 g/mol. The van der Waals surface area contributed by atoms with Gasteiger partial charge in [0.25, 0.3) is 5.92 Å². The van der Waals surface area contributed by atoms with Crippen LogP contribution in [0.5, 0.6) is 0 Å². The Morgan fingerprint density at radius 3 is 2.21 bits per heavy atom. The van der Waals surface area contributed by atoms with Gasteiger partial charge < -0.3 is 25.0 Å². The van der Waals surface area contributed by atoms with Gasteiger partial charge in [0.2, 0.25) is 0 Å². The number of hydrogen-bond donors (Lipinski definition) is 3. The number of aliphatic hydroxyl groups is 1. The average Bonchev–Trinajstić information content (AvgIpc) is 3.33. The summed E-state index contributed by atoms with van der Waals surface area (Å²) in [6, 6.07) is 11.1. The van der Waals surface area contributed by atoms with Crippen molar-refractivity contribution in [3.05, 3.63) is 48.3 Å². The zero-order valence-electron chi connectivity index (χ0n) is 20.2. The highest BCUT2D eigenvalue weighted by molar-refractivity contribution is 5.93. The Labute approximate surface area is 199 Å². The van der Waals surface area contributed by atoms with Crippen LogP contribution in [0.1, 0.15) is 58.6 Å². The number of aromatic nitrogens is 2. The molecule has 1 fully saturated rings. The summed E-state index contributed by atoms with van der Waals surface area (Å²) in [5.41, 5.74) is 2.41. The van der Waals surface area contributed by atoms with Gasteiger partial charge in [-0.2, -0.15) is 0 Å². The van der Waals surface area contributed by atoms with Gasteiger partial charge in [-0.05, 0) is 48.2 Å². The van der Waals surface area contributed by atoms with Crippen molar-refractivity contribution in [2.24, 2.45) is 0 Å². The van der Waals surface area contributed by atoms with E-state index >= 15 is 0 Å². The molecule has 34 heavy (non-hydrogen) atoms. The molecule has 0 radical (unpaired) electrons. The first-order valence-electron chi connectivity index (χ1n) is 11.3. The van der Waals surface area contributed by atoms with Crippen LogP contribution < -0.4 is 5.32 Å². The molecule has 4 rings (SSSR count). The van der Waals surface area contributed by atoms with Crippen molar-refractivity contribution in [3.8, 4) is 11.1 Å². The number of carbonyl (C=O) groups is 2. The quantitative estimate of drug-likeness (QED) is 0.414. The monoisotopic (exact) mass is 475 g/mol. The zero-order chi connectivity index (χ0) is 25.8. The molecular formula is C26H35F2N3O3. The minimum atomic E-state index is -2.94. The van der Waals surface area contributed by atoms with Gasteiger partial charge >= 0.3 is 0 Å². The summed E-state index contributed by atoms with van der Waals surface area (Å²) in [5, 5.41) is 14.6. The third kappa shape index (κ3) is 7.45. The number of benzene rings is 1. The van der Waals surface area contributed by atoms with Crippen molar-refractivity contribution < 1.29 is 23.5 Å². The molecule has 6 nitrogen and oxygen atoms in total. The standard InChI is InChI=1S/C22H25F2N3O.C2H6.2CH2O/c1-21(23,24)19-13-18-17(9-12-25-20(18)27-19)15-5-7-16(8-6-15)26-14-22(28)10-3-2-4-11-22;3*1-2/h5-9,12-13,26,28H,2-4,10-11,14H2,1H3,(H,25,27);1-2H3;2*1H2. The lowest BCUT2D eigenvalue weighted by Crippen LogP contribution is -2.38. The number of alkyl halides is 2. The Morgan fingerprint density at radius 1 is 1.06 bits per heavy atom. The molecule has 3 N–H and O–H groups in total. The van der Waals surface area contributed by atoms with Gasteiger partial charge in [0.1, 0.15) is 19.2 Å². The van der Waals surface area contributed by atoms with Gasteiger partial charge in [-0.15, -0.1) is 0 Å². The number of rotatable bonds is 5. The highest BCUT2D eigenvalue weighted by Gasteiger charge is 2.29. The van der Waals surface area contributed by atoms with E-state index in [4.69, 9.17) is 9.59 Å². The molecule has 2 heterocycles. The summed E-state index contributed by atoms with van der Waals surface area (Å²) in [4.78, 5) is 22.9. The Kier molecular flexibility index (Phi) is 11.5. The molecule has 2 aromatic heterocycles. The van der Waals surface area contributed by atoms with Gasteiger partial charge in [-0.3, -0.25) is 0 Å². The third-order valence-electron chi connectivity index (χ3n) is 5.61. The Morgan fingerprint density at radius 2 is 1.65 bits per heavy atom. The summed E-state index contributed by atoms with van der Waals surface area (Å²) in [6.07, 6.45) is 6.64. The van der Waals surface area contributed by atoms with Crippen LogP contribution in [0.4, 0.5) is 14.5 Å². The van der Waals surface area contributed by atoms with E-state index in [1.807, 2.05) is 57.8 Å². The predicted octanol–water partition coefficient (Wildman–Crippen LogP) is 6.11. The van der Waals surface area contributed by atoms with Crippen LogP contribution in [0.2, 0.25) is 0 Å². The van der Waals surface area contributed by atoms with Crippen molar-refractivity contribution in [2.75, 3.05) is 11.9 Å². The van der Waals surface area contributed by atoms with E-state index in [-0.39, 0.29) is 5.69 Å². The SMILES string of the molecule is C=O.C=O.CC.CC(F)(F)c1cc2c(-c3ccc(NCC4(O)CCCCC4)cc3)ccnc2[nH]1. The van der Waals surface area contributed by atoms with Crippen LogP contribution in [-0.4, -0.2) is 40.8 Å². The fourth-order valence-corrected chi connectivity index (χ4v) is 3.94. The summed E-state index contributed by atoms with van der Waals surface area (Å²) >= 11 is 0. The van der Waals surface area contributed by atoms with Crippen LogP contribution in [-0.2, 0) is 15.5 Å². The lowest BCUT2D eigenvalue weighted by molar-refractivity contribution is -0.0987.